The number of benzene rings is 2. The van der Waals surface area contributed by atoms with Gasteiger partial charge in [0.2, 0.25) is 0 Å². The number of hydrogen-bond acceptors (Lipinski definition) is 0. The fourth-order valence-corrected chi connectivity index (χ4v) is 2.96. The summed E-state index contributed by atoms with van der Waals surface area (Å²) in [5, 5.41) is 1.30. The van der Waals surface area contributed by atoms with Crippen molar-refractivity contribution in [3.8, 4) is 0 Å². The maximum absolute atomic E-state index is 2.37. The van der Waals surface area contributed by atoms with Crippen LogP contribution in [0.15, 0.2) is 60.8 Å². The Hall–Kier alpha value is -2.02. The molecule has 96 valence electrons. The number of aromatic nitrogens is 1. The summed E-state index contributed by atoms with van der Waals surface area (Å²) in [5.74, 6) is 0. The number of aryl methyl sites for hydroxylation is 1. The SMILES string of the molecule is Cc1ccccc1C(C)(C)n1ccc2ccccc21. The van der Waals surface area contributed by atoms with Crippen LogP contribution in [-0.4, -0.2) is 4.57 Å². The van der Waals surface area contributed by atoms with Gasteiger partial charge in [0, 0.05) is 11.7 Å². The van der Waals surface area contributed by atoms with Crippen LogP contribution in [0.3, 0.4) is 0 Å². The molecule has 1 nitrogen and oxygen atoms in total. The van der Waals surface area contributed by atoms with Gasteiger partial charge in [-0.15, -0.1) is 0 Å². The molecule has 0 amide bonds. The molecule has 0 atom stereocenters. The molecule has 1 aromatic heterocycles. The van der Waals surface area contributed by atoms with Crippen molar-refractivity contribution in [1.82, 2.24) is 4.57 Å². The zero-order valence-corrected chi connectivity index (χ0v) is 11.7. The van der Waals surface area contributed by atoms with Crippen LogP contribution in [0.4, 0.5) is 0 Å². The monoisotopic (exact) mass is 249 g/mol. The molecule has 0 aliphatic heterocycles. The highest BCUT2D eigenvalue weighted by Gasteiger charge is 2.25. The Bertz CT molecular complexity index is 719. The van der Waals surface area contributed by atoms with E-state index in [-0.39, 0.29) is 5.54 Å². The first-order chi connectivity index (χ1) is 9.10. The third kappa shape index (κ3) is 1.86. The van der Waals surface area contributed by atoms with Crippen LogP contribution < -0.4 is 0 Å². The van der Waals surface area contributed by atoms with Crippen molar-refractivity contribution in [3.63, 3.8) is 0 Å². The van der Waals surface area contributed by atoms with E-state index in [4.69, 9.17) is 0 Å². The van der Waals surface area contributed by atoms with Gasteiger partial charge in [-0.25, -0.2) is 0 Å². The molecule has 0 spiro atoms. The molecule has 0 saturated carbocycles. The fraction of sp³-hybridized carbons (Fsp3) is 0.222. The van der Waals surface area contributed by atoms with Gasteiger partial charge in [-0.1, -0.05) is 42.5 Å². The first kappa shape index (κ1) is 12.0. The Balaban J connectivity index is 2.22. The fourth-order valence-electron chi connectivity index (χ4n) is 2.96. The predicted molar refractivity (Wildman–Crippen MR) is 81.5 cm³/mol. The van der Waals surface area contributed by atoms with E-state index in [9.17, 15) is 0 Å². The van der Waals surface area contributed by atoms with Crippen molar-refractivity contribution in [2.24, 2.45) is 0 Å². The van der Waals surface area contributed by atoms with Gasteiger partial charge in [-0.3, -0.25) is 0 Å². The topological polar surface area (TPSA) is 4.93 Å². The molecule has 1 heterocycles. The Kier molecular flexibility index (Phi) is 2.70. The zero-order valence-electron chi connectivity index (χ0n) is 11.7. The second kappa shape index (κ2) is 4.27. The predicted octanol–water partition coefficient (Wildman–Crippen LogP) is 4.73. The highest BCUT2D eigenvalue weighted by Crippen LogP contribution is 2.31. The van der Waals surface area contributed by atoms with Crippen molar-refractivity contribution < 1.29 is 0 Å². The van der Waals surface area contributed by atoms with E-state index < -0.39 is 0 Å². The summed E-state index contributed by atoms with van der Waals surface area (Å²) in [5.41, 5.74) is 3.95. The van der Waals surface area contributed by atoms with E-state index >= 15 is 0 Å². The number of rotatable bonds is 2. The van der Waals surface area contributed by atoms with Crippen LogP contribution in [0.25, 0.3) is 10.9 Å². The first-order valence-corrected chi connectivity index (χ1v) is 6.73. The van der Waals surface area contributed by atoms with Gasteiger partial charge in [0.05, 0.1) is 5.54 Å². The van der Waals surface area contributed by atoms with E-state index in [1.807, 2.05) is 0 Å². The lowest BCUT2D eigenvalue weighted by Gasteiger charge is -2.30. The first-order valence-electron chi connectivity index (χ1n) is 6.73. The van der Waals surface area contributed by atoms with Crippen molar-refractivity contribution in [2.45, 2.75) is 26.3 Å². The van der Waals surface area contributed by atoms with Crippen LogP contribution in [0.1, 0.15) is 25.0 Å². The molecule has 0 aliphatic carbocycles. The lowest BCUT2D eigenvalue weighted by molar-refractivity contribution is 0.449. The third-order valence-corrected chi connectivity index (χ3v) is 4.01. The van der Waals surface area contributed by atoms with E-state index in [0.29, 0.717) is 0 Å². The van der Waals surface area contributed by atoms with E-state index in [1.54, 1.807) is 0 Å². The minimum atomic E-state index is -0.0472. The molecule has 0 fully saturated rings. The van der Waals surface area contributed by atoms with E-state index in [2.05, 4.69) is 86.1 Å². The average Bonchev–Trinajstić information content (AvgIpc) is 2.83. The molecule has 1 heteroatoms. The minimum absolute atomic E-state index is 0.0472. The molecule has 0 N–H and O–H groups in total. The molecular formula is C18H19N. The third-order valence-electron chi connectivity index (χ3n) is 4.01. The molecule has 0 unspecified atom stereocenters. The second-order valence-corrected chi connectivity index (χ2v) is 5.62. The van der Waals surface area contributed by atoms with Crippen molar-refractivity contribution in [3.05, 3.63) is 71.9 Å². The highest BCUT2D eigenvalue weighted by atomic mass is 15.0. The maximum Gasteiger partial charge on any atom is 0.0643 e. The molecule has 0 radical (unpaired) electrons. The van der Waals surface area contributed by atoms with Crippen LogP contribution >= 0.6 is 0 Å². The van der Waals surface area contributed by atoms with Gasteiger partial charge in [-0.05, 0) is 49.4 Å². The van der Waals surface area contributed by atoms with E-state index in [0.717, 1.165) is 0 Å². The lowest BCUT2D eigenvalue weighted by Crippen LogP contribution is -2.27. The van der Waals surface area contributed by atoms with E-state index in [1.165, 1.54) is 22.0 Å². The van der Waals surface area contributed by atoms with Crippen molar-refractivity contribution in [2.75, 3.05) is 0 Å². The average molecular weight is 249 g/mol. The van der Waals surface area contributed by atoms with Gasteiger partial charge in [0.1, 0.15) is 0 Å². The largest absolute Gasteiger partial charge is 0.338 e. The quantitative estimate of drug-likeness (QED) is 0.618. The summed E-state index contributed by atoms with van der Waals surface area (Å²) in [6.07, 6.45) is 2.19. The molecule has 2 aromatic carbocycles. The summed E-state index contributed by atoms with van der Waals surface area (Å²) >= 11 is 0. The maximum atomic E-state index is 2.37. The molecule has 0 aliphatic rings. The summed E-state index contributed by atoms with van der Waals surface area (Å²) < 4.78 is 2.37. The smallest absolute Gasteiger partial charge is 0.0643 e. The summed E-state index contributed by atoms with van der Waals surface area (Å²) in [6, 6.07) is 19.4. The Morgan fingerprint density at radius 1 is 0.842 bits per heavy atom. The molecule has 0 bridgehead atoms. The molecule has 3 aromatic rings. The highest BCUT2D eigenvalue weighted by molar-refractivity contribution is 5.80. The molecule has 0 saturated heterocycles. The summed E-state index contributed by atoms with van der Waals surface area (Å²) in [4.78, 5) is 0. The van der Waals surface area contributed by atoms with Gasteiger partial charge in [-0.2, -0.15) is 0 Å². The lowest BCUT2D eigenvalue weighted by atomic mass is 9.90. The molecule has 19 heavy (non-hydrogen) atoms. The number of para-hydroxylation sites is 1. The standard InChI is InChI=1S/C18H19N/c1-14-8-4-6-10-16(14)18(2,3)19-13-12-15-9-5-7-11-17(15)19/h4-13H,1-3H3. The Labute approximate surface area is 114 Å². The van der Waals surface area contributed by atoms with Crippen molar-refractivity contribution in [1.29, 1.82) is 0 Å². The van der Waals surface area contributed by atoms with Crippen molar-refractivity contribution >= 4 is 10.9 Å². The van der Waals surface area contributed by atoms with Crippen LogP contribution in [0.2, 0.25) is 0 Å². The normalized spacial score (nSPS) is 11.9. The van der Waals surface area contributed by atoms with Gasteiger partial charge in [0.25, 0.3) is 0 Å². The Morgan fingerprint density at radius 3 is 2.32 bits per heavy atom. The number of fused-ring (bicyclic) bond motifs is 1. The number of hydrogen-bond donors (Lipinski definition) is 0. The molecular weight excluding hydrogens is 230 g/mol. The van der Waals surface area contributed by atoms with Gasteiger partial charge >= 0.3 is 0 Å². The van der Waals surface area contributed by atoms with Crippen LogP contribution in [0.5, 0.6) is 0 Å². The molecule has 3 rings (SSSR count). The zero-order chi connectivity index (χ0) is 13.5. The minimum Gasteiger partial charge on any atom is -0.338 e. The second-order valence-electron chi connectivity index (χ2n) is 5.62. The van der Waals surface area contributed by atoms with Gasteiger partial charge in [0.15, 0.2) is 0 Å². The summed E-state index contributed by atoms with van der Waals surface area (Å²) in [6.45, 7) is 6.74. The number of nitrogens with zero attached hydrogens (tertiary/aromatic N) is 1. The van der Waals surface area contributed by atoms with Crippen LogP contribution in [0, 0.1) is 6.92 Å². The van der Waals surface area contributed by atoms with Crippen LogP contribution in [-0.2, 0) is 5.54 Å². The van der Waals surface area contributed by atoms with Gasteiger partial charge < -0.3 is 4.57 Å². The summed E-state index contributed by atoms with van der Waals surface area (Å²) in [7, 11) is 0. The Morgan fingerprint density at radius 2 is 1.53 bits per heavy atom.